The molecule has 2 saturated heterocycles. The molecule has 206 valence electrons. The van der Waals surface area contributed by atoms with E-state index in [0.717, 1.165) is 38.4 Å². The lowest BCUT2D eigenvalue weighted by molar-refractivity contribution is -0.161. The second-order valence-electron chi connectivity index (χ2n) is 11.0. The molecule has 8 nitrogen and oxygen atoms in total. The molecule has 2 heterocycles. The molecule has 2 unspecified atom stereocenters. The monoisotopic (exact) mass is 508 g/mol. The summed E-state index contributed by atoms with van der Waals surface area (Å²) in [6, 6.07) is 0.118. The molecule has 2 fully saturated rings. The second kappa shape index (κ2) is 15.5. The number of ether oxygens (including phenoxy) is 2. The van der Waals surface area contributed by atoms with Gasteiger partial charge in [-0.1, -0.05) is 20.1 Å². The lowest BCUT2D eigenvalue weighted by atomic mass is 9.97. The summed E-state index contributed by atoms with van der Waals surface area (Å²) in [6.07, 6.45) is 7.47. The molecular weight excluding hydrogens is 460 g/mol. The van der Waals surface area contributed by atoms with E-state index in [2.05, 4.69) is 13.2 Å². The van der Waals surface area contributed by atoms with Gasteiger partial charge in [-0.2, -0.15) is 0 Å². The van der Waals surface area contributed by atoms with Gasteiger partial charge in [0.15, 0.2) is 0 Å². The molecule has 0 radical (unpaired) electrons. The highest BCUT2D eigenvalue weighted by Gasteiger charge is 2.30. The summed E-state index contributed by atoms with van der Waals surface area (Å²) >= 11 is 0. The number of likely N-dealkylation sites (tertiary alicyclic amines) is 2. The number of nitrogens with zero attached hydrogens (tertiary/aromatic N) is 2. The Morgan fingerprint density at radius 1 is 0.944 bits per heavy atom. The van der Waals surface area contributed by atoms with Gasteiger partial charge in [0.1, 0.15) is 11.2 Å². The van der Waals surface area contributed by atoms with Gasteiger partial charge in [0.05, 0.1) is 5.92 Å². The standard InChI is InChI=1S/C15H27NO3.C7H12O2.C6H9NO/c1-6-12(14(18)19-15(3,4)5)10-11(2)16-9-7-8-13(16)17;1-5-6(8)9-7(2,3)4;1-2-7-5-3-4-6(7)8/h11-12H,6-10H2,1-5H3;5H,1H2,2-4H3;2H,1,3-5H2. The summed E-state index contributed by atoms with van der Waals surface area (Å²) in [5.41, 5.74) is -0.845. The predicted octanol–water partition coefficient (Wildman–Crippen LogP) is 5.02. The molecular formula is C28H48N2O6. The zero-order chi connectivity index (χ0) is 28.1. The van der Waals surface area contributed by atoms with Gasteiger partial charge >= 0.3 is 11.9 Å². The highest BCUT2D eigenvalue weighted by atomic mass is 16.6. The topological polar surface area (TPSA) is 93.2 Å². The fraction of sp³-hybridized carbons (Fsp3) is 0.714. The first-order valence-electron chi connectivity index (χ1n) is 12.8. The minimum atomic E-state index is -0.447. The van der Waals surface area contributed by atoms with Crippen molar-refractivity contribution in [3.63, 3.8) is 0 Å². The van der Waals surface area contributed by atoms with Crippen LogP contribution in [0.25, 0.3) is 0 Å². The number of hydrogen-bond donors (Lipinski definition) is 0. The number of carbonyl (C=O) groups excluding carboxylic acids is 4. The summed E-state index contributed by atoms with van der Waals surface area (Å²) in [6.45, 7) is 23.6. The van der Waals surface area contributed by atoms with Crippen LogP contribution in [-0.2, 0) is 28.7 Å². The first-order valence-corrected chi connectivity index (χ1v) is 12.8. The molecule has 0 bridgehead atoms. The van der Waals surface area contributed by atoms with E-state index in [1.165, 1.54) is 0 Å². The third kappa shape index (κ3) is 14.0. The van der Waals surface area contributed by atoms with Gasteiger partial charge in [0.2, 0.25) is 11.8 Å². The SMILES string of the molecule is C=CC(=O)OC(C)(C)C.C=CN1CCCC1=O.CCC(CC(C)N1CCCC1=O)C(=O)OC(C)(C)C. The molecule has 2 amide bonds. The van der Waals surface area contributed by atoms with Crippen molar-refractivity contribution in [3.05, 3.63) is 25.4 Å². The van der Waals surface area contributed by atoms with Crippen molar-refractivity contribution < 1.29 is 28.7 Å². The molecule has 0 spiro atoms. The highest BCUT2D eigenvalue weighted by molar-refractivity contribution is 5.81. The Labute approximate surface area is 218 Å². The average molecular weight is 509 g/mol. The molecule has 2 aliphatic heterocycles. The van der Waals surface area contributed by atoms with Gasteiger partial charge in [0.25, 0.3) is 0 Å². The van der Waals surface area contributed by atoms with Crippen LogP contribution in [0.1, 0.15) is 93.9 Å². The molecule has 0 aromatic rings. The van der Waals surface area contributed by atoms with Crippen LogP contribution in [0.5, 0.6) is 0 Å². The Morgan fingerprint density at radius 3 is 1.78 bits per heavy atom. The predicted molar refractivity (Wildman–Crippen MR) is 142 cm³/mol. The fourth-order valence-corrected chi connectivity index (χ4v) is 3.69. The Morgan fingerprint density at radius 2 is 1.47 bits per heavy atom. The largest absolute Gasteiger partial charge is 0.460 e. The van der Waals surface area contributed by atoms with E-state index in [-0.39, 0.29) is 35.7 Å². The van der Waals surface area contributed by atoms with Crippen molar-refractivity contribution in [2.45, 2.75) is 111 Å². The first kappa shape index (κ1) is 33.4. The molecule has 0 aromatic heterocycles. The zero-order valence-corrected chi connectivity index (χ0v) is 23.7. The number of rotatable bonds is 7. The first-order chi connectivity index (χ1) is 16.5. The van der Waals surface area contributed by atoms with Gasteiger partial charge in [-0.05, 0) is 80.3 Å². The number of amides is 2. The summed E-state index contributed by atoms with van der Waals surface area (Å²) in [4.78, 5) is 48.5. The van der Waals surface area contributed by atoms with E-state index >= 15 is 0 Å². The van der Waals surface area contributed by atoms with Crippen LogP contribution in [0, 0.1) is 5.92 Å². The van der Waals surface area contributed by atoms with E-state index in [9.17, 15) is 19.2 Å². The summed E-state index contributed by atoms with van der Waals surface area (Å²) < 4.78 is 10.3. The van der Waals surface area contributed by atoms with Crippen molar-refractivity contribution in [2.75, 3.05) is 13.1 Å². The van der Waals surface area contributed by atoms with Gasteiger partial charge in [-0.25, -0.2) is 4.79 Å². The van der Waals surface area contributed by atoms with Crippen molar-refractivity contribution >= 4 is 23.8 Å². The van der Waals surface area contributed by atoms with E-state index in [0.29, 0.717) is 19.3 Å². The van der Waals surface area contributed by atoms with Crippen LogP contribution in [0.3, 0.4) is 0 Å². The molecule has 0 N–H and O–H groups in total. The Balaban J connectivity index is 0.000000595. The fourth-order valence-electron chi connectivity index (χ4n) is 3.69. The number of esters is 2. The van der Waals surface area contributed by atoms with Crippen molar-refractivity contribution in [1.29, 1.82) is 0 Å². The van der Waals surface area contributed by atoms with E-state index in [4.69, 9.17) is 9.47 Å². The normalized spacial score (nSPS) is 17.2. The third-order valence-electron chi connectivity index (χ3n) is 5.40. The quantitative estimate of drug-likeness (QED) is 0.354. The molecule has 2 atom stereocenters. The number of carbonyl (C=O) groups is 4. The van der Waals surface area contributed by atoms with Crippen LogP contribution in [-0.4, -0.2) is 63.9 Å². The van der Waals surface area contributed by atoms with Crippen molar-refractivity contribution in [2.24, 2.45) is 5.92 Å². The summed E-state index contributed by atoms with van der Waals surface area (Å²) in [7, 11) is 0. The lowest BCUT2D eigenvalue weighted by Gasteiger charge is -2.29. The van der Waals surface area contributed by atoms with Crippen LogP contribution >= 0.6 is 0 Å². The smallest absolute Gasteiger partial charge is 0.330 e. The maximum atomic E-state index is 12.1. The van der Waals surface area contributed by atoms with Gasteiger partial charge in [0, 0.05) is 38.0 Å². The molecule has 2 rings (SSSR count). The van der Waals surface area contributed by atoms with Crippen molar-refractivity contribution in [1.82, 2.24) is 9.80 Å². The number of hydrogen-bond acceptors (Lipinski definition) is 6. The zero-order valence-electron chi connectivity index (χ0n) is 23.7. The molecule has 0 aromatic carbocycles. The minimum Gasteiger partial charge on any atom is -0.460 e. The van der Waals surface area contributed by atoms with Crippen molar-refractivity contribution in [3.8, 4) is 0 Å². The Hall–Kier alpha value is -2.64. The minimum absolute atomic E-state index is 0.118. The van der Waals surface area contributed by atoms with Crippen LogP contribution in [0.15, 0.2) is 25.4 Å². The maximum absolute atomic E-state index is 12.1. The summed E-state index contributed by atoms with van der Waals surface area (Å²) in [5, 5.41) is 0. The van der Waals surface area contributed by atoms with E-state index in [1.54, 1.807) is 11.1 Å². The lowest BCUT2D eigenvalue weighted by Crippen LogP contribution is -2.38. The van der Waals surface area contributed by atoms with Gasteiger partial charge in [-0.15, -0.1) is 0 Å². The van der Waals surface area contributed by atoms with Crippen LogP contribution < -0.4 is 0 Å². The Bertz CT molecular complexity index is 763. The molecule has 2 aliphatic rings. The van der Waals surface area contributed by atoms with Crippen LogP contribution in [0.2, 0.25) is 0 Å². The molecule has 0 saturated carbocycles. The third-order valence-corrected chi connectivity index (χ3v) is 5.40. The van der Waals surface area contributed by atoms with Gasteiger partial charge < -0.3 is 19.3 Å². The van der Waals surface area contributed by atoms with Crippen LogP contribution in [0.4, 0.5) is 0 Å². The second-order valence-corrected chi connectivity index (χ2v) is 11.0. The summed E-state index contributed by atoms with van der Waals surface area (Å²) in [5.74, 6) is -0.217. The van der Waals surface area contributed by atoms with Gasteiger partial charge in [-0.3, -0.25) is 14.4 Å². The maximum Gasteiger partial charge on any atom is 0.330 e. The molecule has 0 aliphatic carbocycles. The highest BCUT2D eigenvalue weighted by Crippen LogP contribution is 2.23. The Kier molecular flexibility index (Phi) is 14.3. The average Bonchev–Trinajstić information content (AvgIpc) is 3.37. The van der Waals surface area contributed by atoms with E-state index in [1.807, 2.05) is 60.3 Å². The van der Waals surface area contributed by atoms with E-state index < -0.39 is 11.2 Å². The molecule has 8 heteroatoms. The molecule has 36 heavy (non-hydrogen) atoms.